The van der Waals surface area contributed by atoms with Crippen molar-refractivity contribution in [2.24, 2.45) is 0 Å². The van der Waals surface area contributed by atoms with Crippen molar-refractivity contribution in [1.82, 2.24) is 20.1 Å². The normalized spacial score (nSPS) is 21.0. The highest BCUT2D eigenvalue weighted by Gasteiger charge is 2.28. The van der Waals surface area contributed by atoms with E-state index in [0.717, 1.165) is 65.1 Å². The molecule has 3 heterocycles. The van der Waals surface area contributed by atoms with Crippen molar-refractivity contribution >= 4 is 23.1 Å². The standard InChI is InChI=1S/C26H37N5OS/c1-20(19-29-15-17-30(18-16-29)22-7-3-2-4-8-22)27-26(32)31-13-11-21(12-14-31)25-28-23-9-5-6-10-24(23)33-25/h2-4,7-8,20-21H,5-6,9-19H2,1H3,(H,27,32). The van der Waals surface area contributed by atoms with Crippen LogP contribution in [0.5, 0.6) is 0 Å². The zero-order chi connectivity index (χ0) is 22.6. The number of nitrogens with one attached hydrogen (secondary N) is 1. The van der Waals surface area contributed by atoms with Crippen LogP contribution in [0.25, 0.3) is 0 Å². The first-order chi connectivity index (χ1) is 16.2. The number of benzene rings is 1. The number of hydrogen-bond donors (Lipinski definition) is 1. The molecule has 1 unspecified atom stereocenters. The second-order valence-electron chi connectivity index (χ2n) is 9.86. The van der Waals surface area contributed by atoms with E-state index in [0.29, 0.717) is 5.92 Å². The summed E-state index contributed by atoms with van der Waals surface area (Å²) in [6.07, 6.45) is 7.05. The van der Waals surface area contributed by atoms with Crippen molar-refractivity contribution in [2.75, 3.05) is 50.7 Å². The average molecular weight is 468 g/mol. The van der Waals surface area contributed by atoms with Gasteiger partial charge in [0.1, 0.15) is 0 Å². The molecule has 7 heteroatoms. The fourth-order valence-electron chi connectivity index (χ4n) is 5.44. The number of aryl methyl sites for hydroxylation is 2. The number of para-hydroxylation sites is 1. The first-order valence-corrected chi connectivity index (χ1v) is 13.5. The van der Waals surface area contributed by atoms with E-state index < -0.39 is 0 Å². The second-order valence-corrected chi connectivity index (χ2v) is 11.0. The van der Waals surface area contributed by atoms with Gasteiger partial charge >= 0.3 is 6.03 Å². The first-order valence-electron chi connectivity index (χ1n) is 12.7. The Morgan fingerprint density at radius 2 is 1.79 bits per heavy atom. The molecule has 1 N–H and O–H groups in total. The Morgan fingerprint density at radius 3 is 2.52 bits per heavy atom. The number of hydrogen-bond acceptors (Lipinski definition) is 5. The molecule has 1 atom stereocenters. The molecule has 0 saturated carbocycles. The van der Waals surface area contributed by atoms with Gasteiger partial charge < -0.3 is 15.1 Å². The molecule has 1 aromatic heterocycles. The molecular formula is C26H37N5OS. The van der Waals surface area contributed by atoms with Crippen molar-refractivity contribution in [2.45, 2.75) is 57.4 Å². The predicted octanol–water partition coefficient (Wildman–Crippen LogP) is 4.12. The van der Waals surface area contributed by atoms with Crippen LogP contribution in [0.1, 0.15) is 54.1 Å². The van der Waals surface area contributed by atoms with Crippen LogP contribution in [0.15, 0.2) is 30.3 Å². The zero-order valence-electron chi connectivity index (χ0n) is 19.8. The summed E-state index contributed by atoms with van der Waals surface area (Å²) in [5.41, 5.74) is 2.67. The minimum Gasteiger partial charge on any atom is -0.369 e. The van der Waals surface area contributed by atoms with Gasteiger partial charge in [0.05, 0.1) is 10.7 Å². The quantitative estimate of drug-likeness (QED) is 0.719. The Morgan fingerprint density at radius 1 is 1.06 bits per heavy atom. The average Bonchev–Trinajstić information content (AvgIpc) is 3.29. The lowest BCUT2D eigenvalue weighted by Crippen LogP contribution is -2.53. The lowest BCUT2D eigenvalue weighted by molar-refractivity contribution is 0.171. The van der Waals surface area contributed by atoms with Crippen LogP contribution in [0.2, 0.25) is 0 Å². The number of urea groups is 1. The topological polar surface area (TPSA) is 51.7 Å². The van der Waals surface area contributed by atoms with E-state index >= 15 is 0 Å². The molecule has 3 aliphatic rings. The molecule has 2 saturated heterocycles. The van der Waals surface area contributed by atoms with Crippen LogP contribution in [-0.4, -0.2) is 72.7 Å². The van der Waals surface area contributed by atoms with Crippen LogP contribution in [0.3, 0.4) is 0 Å². The molecule has 33 heavy (non-hydrogen) atoms. The van der Waals surface area contributed by atoms with Crippen LogP contribution in [0.4, 0.5) is 10.5 Å². The summed E-state index contributed by atoms with van der Waals surface area (Å²) in [5.74, 6) is 0.531. The maximum atomic E-state index is 12.9. The fourth-order valence-corrected chi connectivity index (χ4v) is 6.76. The van der Waals surface area contributed by atoms with Crippen LogP contribution >= 0.6 is 11.3 Å². The van der Waals surface area contributed by atoms with Crippen molar-refractivity contribution in [1.29, 1.82) is 0 Å². The van der Waals surface area contributed by atoms with Gasteiger partial charge in [-0.1, -0.05) is 18.2 Å². The maximum Gasteiger partial charge on any atom is 0.317 e. The number of thiazole rings is 1. The van der Waals surface area contributed by atoms with Gasteiger partial charge in [-0.2, -0.15) is 0 Å². The molecule has 2 amide bonds. The molecule has 5 rings (SSSR count). The van der Waals surface area contributed by atoms with Crippen molar-refractivity contribution in [3.63, 3.8) is 0 Å². The van der Waals surface area contributed by atoms with Gasteiger partial charge in [0.2, 0.25) is 0 Å². The summed E-state index contributed by atoms with van der Waals surface area (Å²) in [7, 11) is 0. The third-order valence-electron chi connectivity index (χ3n) is 7.39. The lowest BCUT2D eigenvalue weighted by Gasteiger charge is -2.37. The Hall–Kier alpha value is -2.12. The van der Waals surface area contributed by atoms with E-state index in [1.54, 1.807) is 0 Å². The Labute approximate surface area is 202 Å². The molecule has 0 radical (unpaired) electrons. The lowest BCUT2D eigenvalue weighted by atomic mass is 9.97. The van der Waals surface area contributed by atoms with Gasteiger partial charge in [-0.3, -0.25) is 4.90 Å². The number of carbonyl (C=O) groups is 1. The highest BCUT2D eigenvalue weighted by atomic mass is 32.1. The van der Waals surface area contributed by atoms with E-state index in [-0.39, 0.29) is 12.1 Å². The Bertz CT molecular complexity index is 893. The van der Waals surface area contributed by atoms with E-state index in [9.17, 15) is 4.79 Å². The summed E-state index contributed by atoms with van der Waals surface area (Å²) >= 11 is 1.94. The maximum absolute atomic E-state index is 12.9. The summed E-state index contributed by atoms with van der Waals surface area (Å²) in [5, 5.41) is 4.58. The molecule has 1 aliphatic carbocycles. The van der Waals surface area contributed by atoms with Gasteiger partial charge in [-0.15, -0.1) is 11.3 Å². The predicted molar refractivity (Wildman–Crippen MR) is 135 cm³/mol. The Balaban J connectivity index is 1.04. The molecule has 178 valence electrons. The number of aromatic nitrogens is 1. The highest BCUT2D eigenvalue weighted by molar-refractivity contribution is 7.11. The highest BCUT2D eigenvalue weighted by Crippen LogP contribution is 2.35. The smallest absolute Gasteiger partial charge is 0.317 e. The number of likely N-dealkylation sites (tertiary alicyclic amines) is 1. The largest absolute Gasteiger partial charge is 0.369 e. The SMILES string of the molecule is CC(CN1CCN(c2ccccc2)CC1)NC(=O)N1CCC(c2nc3c(s2)CCCC3)CC1. The number of amides is 2. The summed E-state index contributed by atoms with van der Waals surface area (Å²) in [4.78, 5) is 26.3. The minimum atomic E-state index is 0.0994. The molecular weight excluding hydrogens is 430 g/mol. The first kappa shape index (κ1) is 22.7. The summed E-state index contributed by atoms with van der Waals surface area (Å²) in [6, 6.07) is 10.9. The van der Waals surface area contributed by atoms with Crippen LogP contribution in [-0.2, 0) is 12.8 Å². The molecule has 1 aromatic carbocycles. The molecule has 2 aromatic rings. The van der Waals surface area contributed by atoms with E-state index in [1.165, 1.54) is 40.5 Å². The Kier molecular flexibility index (Phi) is 7.16. The number of anilines is 1. The van der Waals surface area contributed by atoms with Crippen molar-refractivity contribution in [3.05, 3.63) is 45.9 Å². The monoisotopic (exact) mass is 467 g/mol. The van der Waals surface area contributed by atoms with Crippen LogP contribution in [0, 0.1) is 0 Å². The van der Waals surface area contributed by atoms with Gasteiger partial charge in [-0.25, -0.2) is 9.78 Å². The number of piperazine rings is 1. The number of piperidine rings is 1. The number of nitrogens with zero attached hydrogens (tertiary/aromatic N) is 4. The van der Waals surface area contributed by atoms with E-state index in [2.05, 4.69) is 52.4 Å². The van der Waals surface area contributed by atoms with E-state index in [1.807, 2.05) is 16.2 Å². The second kappa shape index (κ2) is 10.4. The van der Waals surface area contributed by atoms with Gasteiger partial charge in [-0.05, 0) is 57.6 Å². The summed E-state index contributed by atoms with van der Waals surface area (Å²) < 4.78 is 0. The molecule has 2 fully saturated rings. The van der Waals surface area contributed by atoms with Gasteiger partial charge in [0.15, 0.2) is 0 Å². The van der Waals surface area contributed by atoms with Crippen molar-refractivity contribution < 1.29 is 4.79 Å². The zero-order valence-corrected chi connectivity index (χ0v) is 20.7. The number of carbonyl (C=O) groups excluding carboxylic acids is 1. The van der Waals surface area contributed by atoms with E-state index in [4.69, 9.17) is 4.98 Å². The van der Waals surface area contributed by atoms with Crippen LogP contribution < -0.4 is 10.2 Å². The number of fused-ring (bicyclic) bond motifs is 1. The minimum absolute atomic E-state index is 0.0994. The molecule has 6 nitrogen and oxygen atoms in total. The number of rotatable bonds is 5. The summed E-state index contributed by atoms with van der Waals surface area (Å²) in [6.45, 7) is 8.88. The molecule has 2 aliphatic heterocycles. The third-order valence-corrected chi connectivity index (χ3v) is 8.71. The van der Waals surface area contributed by atoms with Gasteiger partial charge in [0.25, 0.3) is 0 Å². The fraction of sp³-hybridized carbons (Fsp3) is 0.615. The third kappa shape index (κ3) is 5.52. The molecule has 0 spiro atoms. The van der Waals surface area contributed by atoms with Crippen molar-refractivity contribution in [3.8, 4) is 0 Å². The van der Waals surface area contributed by atoms with Gasteiger partial charge in [0, 0.05) is 68.3 Å². The molecule has 0 bridgehead atoms.